The van der Waals surface area contributed by atoms with Gasteiger partial charge in [0.1, 0.15) is 5.75 Å². The van der Waals surface area contributed by atoms with Crippen LogP contribution < -0.4 is 10.5 Å². The zero-order valence-electron chi connectivity index (χ0n) is 13.3. The highest BCUT2D eigenvalue weighted by Crippen LogP contribution is 2.39. The first kappa shape index (κ1) is 14.9. The number of piperidine rings is 1. The van der Waals surface area contributed by atoms with E-state index < -0.39 is 0 Å². The minimum absolute atomic E-state index is 0.294. The molecule has 2 aliphatic rings. The highest BCUT2D eigenvalue weighted by molar-refractivity contribution is 5.31. The molecule has 1 heterocycles. The maximum Gasteiger partial charge on any atom is 0.119 e. The fraction of sp³-hybridized carbons (Fsp3) is 0.667. The van der Waals surface area contributed by atoms with Gasteiger partial charge in [-0.25, -0.2) is 0 Å². The Morgan fingerprint density at radius 3 is 2.81 bits per heavy atom. The minimum atomic E-state index is 0.294. The van der Waals surface area contributed by atoms with E-state index in [0.29, 0.717) is 12.0 Å². The maximum atomic E-state index is 6.36. The number of nitrogens with zero attached hydrogens (tertiary/aromatic N) is 1. The van der Waals surface area contributed by atoms with E-state index in [0.717, 1.165) is 37.2 Å². The number of ether oxygens (including phenoxy) is 1. The number of hydrogen-bond donors (Lipinski definition) is 1. The second-order valence-corrected chi connectivity index (χ2v) is 6.74. The lowest BCUT2D eigenvalue weighted by Crippen LogP contribution is -2.50. The van der Waals surface area contributed by atoms with Crippen LogP contribution in [0.15, 0.2) is 24.3 Å². The average Bonchev–Trinajstić information content (AvgIpc) is 3.32. The van der Waals surface area contributed by atoms with Crippen LogP contribution >= 0.6 is 0 Å². The molecule has 3 rings (SSSR count). The molecule has 2 N–H and O–H groups in total. The lowest BCUT2D eigenvalue weighted by molar-refractivity contribution is 0.116. The van der Waals surface area contributed by atoms with Gasteiger partial charge in [0.15, 0.2) is 0 Å². The topological polar surface area (TPSA) is 38.5 Å². The Balaban J connectivity index is 1.75. The molecule has 21 heavy (non-hydrogen) atoms. The summed E-state index contributed by atoms with van der Waals surface area (Å²) in [4.78, 5) is 2.66. The number of methoxy groups -OCH3 is 1. The van der Waals surface area contributed by atoms with E-state index in [1.165, 1.54) is 24.8 Å². The van der Waals surface area contributed by atoms with Gasteiger partial charge in [0.25, 0.3) is 0 Å². The van der Waals surface area contributed by atoms with Crippen LogP contribution in [0.2, 0.25) is 0 Å². The van der Waals surface area contributed by atoms with Crippen LogP contribution in [0.1, 0.15) is 44.1 Å². The molecule has 3 nitrogen and oxygen atoms in total. The van der Waals surface area contributed by atoms with Gasteiger partial charge in [0.2, 0.25) is 0 Å². The number of likely N-dealkylation sites (tertiary alicyclic amines) is 1. The van der Waals surface area contributed by atoms with E-state index in [2.05, 4.69) is 30.0 Å². The number of benzene rings is 1. The Hall–Kier alpha value is -1.06. The molecule has 0 amide bonds. The highest BCUT2D eigenvalue weighted by Gasteiger charge is 2.37. The first-order valence-electron chi connectivity index (χ1n) is 8.34. The van der Waals surface area contributed by atoms with Gasteiger partial charge in [-0.05, 0) is 55.2 Å². The molecule has 1 aromatic carbocycles. The largest absolute Gasteiger partial charge is 0.497 e. The summed E-state index contributed by atoms with van der Waals surface area (Å²) in [5.74, 6) is 2.41. The molecule has 3 unspecified atom stereocenters. The van der Waals surface area contributed by atoms with Gasteiger partial charge in [0.05, 0.1) is 7.11 Å². The smallest absolute Gasteiger partial charge is 0.119 e. The average molecular weight is 288 g/mol. The number of rotatable bonds is 5. The maximum absolute atomic E-state index is 6.36. The van der Waals surface area contributed by atoms with Crippen molar-refractivity contribution in [2.75, 3.05) is 20.2 Å². The molecule has 0 radical (unpaired) electrons. The van der Waals surface area contributed by atoms with E-state index >= 15 is 0 Å². The van der Waals surface area contributed by atoms with E-state index in [-0.39, 0.29) is 0 Å². The third kappa shape index (κ3) is 3.41. The minimum Gasteiger partial charge on any atom is -0.497 e. The van der Waals surface area contributed by atoms with Crippen molar-refractivity contribution < 1.29 is 4.74 Å². The molecule has 1 saturated carbocycles. The molecule has 2 fully saturated rings. The van der Waals surface area contributed by atoms with Crippen LogP contribution in [0.4, 0.5) is 0 Å². The second kappa shape index (κ2) is 6.37. The van der Waals surface area contributed by atoms with Gasteiger partial charge in [-0.2, -0.15) is 0 Å². The van der Waals surface area contributed by atoms with E-state index in [4.69, 9.17) is 10.5 Å². The quantitative estimate of drug-likeness (QED) is 0.905. The van der Waals surface area contributed by atoms with Crippen molar-refractivity contribution in [1.29, 1.82) is 0 Å². The summed E-state index contributed by atoms with van der Waals surface area (Å²) in [6.07, 6.45) is 5.16. The molecule has 0 spiro atoms. The Kier molecular flexibility index (Phi) is 4.51. The second-order valence-electron chi connectivity index (χ2n) is 6.74. The first-order chi connectivity index (χ1) is 10.2. The van der Waals surface area contributed by atoms with Crippen molar-refractivity contribution in [3.05, 3.63) is 29.8 Å². The fourth-order valence-corrected chi connectivity index (χ4v) is 3.95. The number of nitrogens with two attached hydrogens (primary N) is 1. The Labute approximate surface area is 128 Å². The van der Waals surface area contributed by atoms with Crippen LogP contribution in [0.25, 0.3) is 0 Å². The zero-order valence-corrected chi connectivity index (χ0v) is 13.3. The Morgan fingerprint density at radius 1 is 1.33 bits per heavy atom. The van der Waals surface area contributed by atoms with Gasteiger partial charge >= 0.3 is 0 Å². The van der Waals surface area contributed by atoms with Crippen molar-refractivity contribution >= 4 is 0 Å². The van der Waals surface area contributed by atoms with Gasteiger partial charge in [-0.15, -0.1) is 0 Å². The summed E-state index contributed by atoms with van der Waals surface area (Å²) in [6.45, 7) is 4.54. The van der Waals surface area contributed by atoms with Gasteiger partial charge in [-0.1, -0.05) is 19.1 Å². The van der Waals surface area contributed by atoms with Gasteiger partial charge < -0.3 is 10.5 Å². The molecular formula is C18H28N2O. The molecule has 116 valence electrons. The fourth-order valence-electron chi connectivity index (χ4n) is 3.95. The molecule has 3 heteroatoms. The van der Waals surface area contributed by atoms with E-state index in [1.54, 1.807) is 7.11 Å². The summed E-state index contributed by atoms with van der Waals surface area (Å²) in [6, 6.07) is 9.55. The van der Waals surface area contributed by atoms with Crippen molar-refractivity contribution in [3.63, 3.8) is 0 Å². The molecule has 3 atom stereocenters. The van der Waals surface area contributed by atoms with Crippen molar-refractivity contribution in [2.45, 2.75) is 50.6 Å². The summed E-state index contributed by atoms with van der Waals surface area (Å²) in [5, 5.41) is 0. The van der Waals surface area contributed by atoms with Crippen molar-refractivity contribution in [3.8, 4) is 5.75 Å². The Bertz CT molecular complexity index is 472. The Morgan fingerprint density at radius 2 is 2.14 bits per heavy atom. The molecule has 0 aromatic heterocycles. The van der Waals surface area contributed by atoms with Crippen molar-refractivity contribution in [2.24, 2.45) is 11.7 Å². The van der Waals surface area contributed by atoms with E-state index in [9.17, 15) is 0 Å². The molecule has 1 saturated heterocycles. The van der Waals surface area contributed by atoms with Crippen molar-refractivity contribution in [1.82, 2.24) is 4.90 Å². The third-order valence-corrected chi connectivity index (χ3v) is 5.13. The molecule has 0 bridgehead atoms. The predicted octanol–water partition coefficient (Wildman–Crippen LogP) is 3.00. The predicted molar refractivity (Wildman–Crippen MR) is 86.7 cm³/mol. The molecule has 1 aliphatic heterocycles. The summed E-state index contributed by atoms with van der Waals surface area (Å²) in [7, 11) is 1.73. The SMILES string of the molecule is CCC(C1CC1)N1CC(N)CC(c2cccc(OC)c2)C1. The molecular weight excluding hydrogens is 260 g/mol. The van der Waals surface area contributed by atoms with E-state index in [1.807, 2.05) is 6.07 Å². The van der Waals surface area contributed by atoms with Crippen LogP contribution in [-0.4, -0.2) is 37.2 Å². The molecule has 1 aliphatic carbocycles. The summed E-state index contributed by atoms with van der Waals surface area (Å²) in [5.41, 5.74) is 7.74. The normalized spacial score (nSPS) is 28.3. The lowest BCUT2D eigenvalue weighted by atomic mass is 9.87. The monoisotopic (exact) mass is 288 g/mol. The summed E-state index contributed by atoms with van der Waals surface area (Å²) >= 11 is 0. The molecule has 1 aromatic rings. The van der Waals surface area contributed by atoms with Gasteiger partial charge in [0, 0.05) is 25.2 Å². The highest BCUT2D eigenvalue weighted by atomic mass is 16.5. The first-order valence-corrected chi connectivity index (χ1v) is 8.34. The lowest BCUT2D eigenvalue weighted by Gasteiger charge is -2.41. The van der Waals surface area contributed by atoms with Crippen LogP contribution in [0.3, 0.4) is 0 Å². The van der Waals surface area contributed by atoms with Crippen LogP contribution in [0.5, 0.6) is 5.75 Å². The number of hydrogen-bond acceptors (Lipinski definition) is 3. The van der Waals surface area contributed by atoms with Crippen LogP contribution in [0, 0.1) is 5.92 Å². The van der Waals surface area contributed by atoms with Gasteiger partial charge in [-0.3, -0.25) is 4.90 Å². The zero-order chi connectivity index (χ0) is 14.8. The van der Waals surface area contributed by atoms with Crippen LogP contribution in [-0.2, 0) is 0 Å². The third-order valence-electron chi connectivity index (χ3n) is 5.13. The standard InChI is InChI=1S/C18H28N2O/c1-3-18(13-7-8-13)20-11-15(9-16(19)12-20)14-5-4-6-17(10-14)21-2/h4-6,10,13,15-16,18H,3,7-9,11-12,19H2,1-2H3. The summed E-state index contributed by atoms with van der Waals surface area (Å²) < 4.78 is 5.37.